The Kier molecular flexibility index (Phi) is 2.75. The number of aromatic nitrogens is 3. The van der Waals surface area contributed by atoms with Gasteiger partial charge in [-0.25, -0.2) is 4.63 Å². The van der Waals surface area contributed by atoms with Crippen LogP contribution in [0.5, 0.6) is 0 Å². The molecule has 0 saturated heterocycles. The Balaban J connectivity index is 1.94. The van der Waals surface area contributed by atoms with E-state index in [4.69, 9.17) is 10.4 Å². The number of anilines is 2. The Morgan fingerprint density at radius 3 is 2.79 bits per heavy atom. The quantitative estimate of drug-likeness (QED) is 0.698. The van der Waals surface area contributed by atoms with Crippen molar-refractivity contribution in [2.24, 2.45) is 0 Å². The lowest BCUT2D eigenvalue weighted by molar-refractivity contribution is 0.315. The number of nitrogens with zero attached hydrogens (tertiary/aromatic N) is 3. The SMILES string of the molecule is CC(Nc1ccc(N)c2nonc12)c1ccccn1. The summed E-state index contributed by atoms with van der Waals surface area (Å²) >= 11 is 0. The monoisotopic (exact) mass is 255 g/mol. The average Bonchev–Trinajstić information content (AvgIpc) is 2.93. The molecule has 0 aliphatic rings. The second kappa shape index (κ2) is 4.56. The minimum atomic E-state index is 0.0460. The largest absolute Gasteiger partial charge is 0.397 e. The van der Waals surface area contributed by atoms with Gasteiger partial charge in [-0.15, -0.1) is 0 Å². The third-order valence-corrected chi connectivity index (χ3v) is 2.95. The number of pyridine rings is 1. The zero-order valence-corrected chi connectivity index (χ0v) is 10.4. The molecule has 3 rings (SSSR count). The van der Waals surface area contributed by atoms with E-state index in [-0.39, 0.29) is 6.04 Å². The maximum absolute atomic E-state index is 5.81. The molecule has 3 aromatic rings. The van der Waals surface area contributed by atoms with Crippen LogP contribution < -0.4 is 11.1 Å². The third kappa shape index (κ3) is 2.08. The molecule has 0 radical (unpaired) electrons. The van der Waals surface area contributed by atoms with Gasteiger partial charge in [-0.05, 0) is 41.5 Å². The summed E-state index contributed by atoms with van der Waals surface area (Å²) in [5.41, 5.74) is 9.32. The van der Waals surface area contributed by atoms with Gasteiger partial charge in [-0.2, -0.15) is 0 Å². The van der Waals surface area contributed by atoms with Crippen LogP contribution in [0, 0.1) is 0 Å². The van der Waals surface area contributed by atoms with Gasteiger partial charge in [0.1, 0.15) is 0 Å². The first-order valence-electron chi connectivity index (χ1n) is 5.94. The predicted octanol–water partition coefficient (Wildman–Crippen LogP) is 2.37. The summed E-state index contributed by atoms with van der Waals surface area (Å²) in [6, 6.07) is 9.49. The topological polar surface area (TPSA) is 89.9 Å². The second-order valence-electron chi connectivity index (χ2n) is 4.28. The van der Waals surface area contributed by atoms with E-state index >= 15 is 0 Å². The van der Waals surface area contributed by atoms with E-state index in [0.717, 1.165) is 11.4 Å². The van der Waals surface area contributed by atoms with Crippen LogP contribution in [0.4, 0.5) is 11.4 Å². The van der Waals surface area contributed by atoms with Gasteiger partial charge < -0.3 is 11.1 Å². The highest BCUT2D eigenvalue weighted by molar-refractivity contribution is 5.95. The second-order valence-corrected chi connectivity index (χ2v) is 4.28. The summed E-state index contributed by atoms with van der Waals surface area (Å²) in [4.78, 5) is 4.31. The van der Waals surface area contributed by atoms with E-state index < -0.39 is 0 Å². The van der Waals surface area contributed by atoms with E-state index in [2.05, 4.69) is 20.6 Å². The molecule has 2 heterocycles. The molecule has 0 fully saturated rings. The van der Waals surface area contributed by atoms with Gasteiger partial charge >= 0.3 is 0 Å². The van der Waals surface area contributed by atoms with E-state index in [1.54, 1.807) is 12.3 Å². The first-order valence-corrected chi connectivity index (χ1v) is 5.94. The molecule has 0 aliphatic heterocycles. The van der Waals surface area contributed by atoms with Gasteiger partial charge in [0.25, 0.3) is 0 Å². The predicted molar refractivity (Wildman–Crippen MR) is 72.5 cm³/mol. The summed E-state index contributed by atoms with van der Waals surface area (Å²) in [5.74, 6) is 0. The van der Waals surface area contributed by atoms with E-state index in [1.165, 1.54) is 0 Å². The van der Waals surface area contributed by atoms with E-state index in [0.29, 0.717) is 16.7 Å². The summed E-state index contributed by atoms with van der Waals surface area (Å²) in [6.07, 6.45) is 1.77. The molecule has 1 atom stereocenters. The lowest BCUT2D eigenvalue weighted by Crippen LogP contribution is -2.08. The van der Waals surface area contributed by atoms with Crippen molar-refractivity contribution in [3.05, 3.63) is 42.2 Å². The first-order chi connectivity index (χ1) is 9.25. The molecule has 0 amide bonds. The molecular weight excluding hydrogens is 242 g/mol. The Morgan fingerprint density at radius 2 is 2.00 bits per heavy atom. The number of nitrogen functional groups attached to an aromatic ring is 1. The van der Waals surface area contributed by atoms with Gasteiger partial charge in [0.05, 0.1) is 23.1 Å². The van der Waals surface area contributed by atoms with E-state index in [1.807, 2.05) is 31.2 Å². The molecule has 1 unspecified atom stereocenters. The number of nitrogens with two attached hydrogens (primary N) is 1. The molecule has 6 nitrogen and oxygen atoms in total. The average molecular weight is 255 g/mol. The van der Waals surface area contributed by atoms with Gasteiger partial charge in [-0.3, -0.25) is 4.98 Å². The normalized spacial score (nSPS) is 12.5. The Morgan fingerprint density at radius 1 is 1.16 bits per heavy atom. The summed E-state index contributed by atoms with van der Waals surface area (Å²) in [5, 5.41) is 11.0. The van der Waals surface area contributed by atoms with Crippen molar-refractivity contribution in [3.8, 4) is 0 Å². The zero-order valence-electron chi connectivity index (χ0n) is 10.4. The third-order valence-electron chi connectivity index (χ3n) is 2.95. The van der Waals surface area contributed by atoms with Crippen molar-refractivity contribution in [3.63, 3.8) is 0 Å². The summed E-state index contributed by atoms with van der Waals surface area (Å²) in [7, 11) is 0. The Hall–Kier alpha value is -2.63. The lowest BCUT2D eigenvalue weighted by atomic mass is 10.2. The van der Waals surface area contributed by atoms with Crippen LogP contribution in [-0.4, -0.2) is 15.3 Å². The highest BCUT2D eigenvalue weighted by Crippen LogP contribution is 2.27. The van der Waals surface area contributed by atoms with Crippen molar-refractivity contribution < 1.29 is 4.63 Å². The van der Waals surface area contributed by atoms with Gasteiger partial charge in [-0.1, -0.05) is 6.07 Å². The fourth-order valence-electron chi connectivity index (χ4n) is 1.94. The highest BCUT2D eigenvalue weighted by atomic mass is 16.6. The first kappa shape index (κ1) is 11.5. The molecule has 0 bridgehead atoms. The van der Waals surface area contributed by atoms with Crippen molar-refractivity contribution in [1.29, 1.82) is 0 Å². The molecular formula is C13H13N5O. The maximum Gasteiger partial charge on any atom is 0.160 e. The molecule has 3 N–H and O–H groups in total. The summed E-state index contributed by atoms with van der Waals surface area (Å²) < 4.78 is 4.74. The number of fused-ring (bicyclic) bond motifs is 1. The van der Waals surface area contributed by atoms with Crippen LogP contribution in [-0.2, 0) is 0 Å². The molecule has 19 heavy (non-hydrogen) atoms. The number of nitrogens with one attached hydrogen (secondary N) is 1. The molecule has 2 aromatic heterocycles. The summed E-state index contributed by atoms with van der Waals surface area (Å²) in [6.45, 7) is 2.03. The van der Waals surface area contributed by atoms with Gasteiger partial charge in [0.15, 0.2) is 11.0 Å². The molecule has 0 saturated carbocycles. The smallest absolute Gasteiger partial charge is 0.160 e. The number of hydrogen-bond acceptors (Lipinski definition) is 6. The van der Waals surface area contributed by atoms with Crippen molar-refractivity contribution >= 4 is 22.4 Å². The fraction of sp³-hybridized carbons (Fsp3) is 0.154. The van der Waals surface area contributed by atoms with Gasteiger partial charge in [0, 0.05) is 6.20 Å². The molecule has 96 valence electrons. The Labute approximate surface area is 109 Å². The highest BCUT2D eigenvalue weighted by Gasteiger charge is 2.13. The van der Waals surface area contributed by atoms with Crippen molar-refractivity contribution in [1.82, 2.24) is 15.3 Å². The van der Waals surface area contributed by atoms with Gasteiger partial charge in [0.2, 0.25) is 0 Å². The van der Waals surface area contributed by atoms with Crippen LogP contribution in [0.2, 0.25) is 0 Å². The van der Waals surface area contributed by atoms with Crippen LogP contribution in [0.25, 0.3) is 11.0 Å². The molecule has 0 spiro atoms. The molecule has 6 heteroatoms. The van der Waals surface area contributed by atoms with E-state index in [9.17, 15) is 0 Å². The standard InChI is InChI=1S/C13H13N5O/c1-8(10-4-2-3-7-15-10)16-11-6-5-9(14)12-13(11)18-19-17-12/h2-8,16H,14H2,1H3. The van der Waals surface area contributed by atoms with Crippen LogP contribution in [0.3, 0.4) is 0 Å². The number of hydrogen-bond donors (Lipinski definition) is 2. The Bertz CT molecular complexity index is 695. The van der Waals surface area contributed by atoms with Crippen molar-refractivity contribution in [2.75, 3.05) is 11.1 Å². The van der Waals surface area contributed by atoms with Crippen molar-refractivity contribution in [2.45, 2.75) is 13.0 Å². The minimum Gasteiger partial charge on any atom is -0.397 e. The number of rotatable bonds is 3. The fourth-order valence-corrected chi connectivity index (χ4v) is 1.94. The van der Waals surface area contributed by atoms with Crippen LogP contribution in [0.1, 0.15) is 18.7 Å². The zero-order chi connectivity index (χ0) is 13.2. The van der Waals surface area contributed by atoms with Crippen LogP contribution >= 0.6 is 0 Å². The maximum atomic E-state index is 5.81. The molecule has 1 aromatic carbocycles. The molecule has 0 aliphatic carbocycles. The van der Waals surface area contributed by atoms with Crippen LogP contribution in [0.15, 0.2) is 41.2 Å². The minimum absolute atomic E-state index is 0.0460. The lowest BCUT2D eigenvalue weighted by Gasteiger charge is -2.14. The number of benzene rings is 1.